The van der Waals surface area contributed by atoms with E-state index in [-0.39, 0.29) is 24.5 Å². The normalized spacial score (nSPS) is 17.9. The van der Waals surface area contributed by atoms with Gasteiger partial charge in [-0.1, -0.05) is 0 Å². The van der Waals surface area contributed by atoms with Crippen LogP contribution in [-0.2, 0) is 11.3 Å². The third kappa shape index (κ3) is 3.64. The molecule has 0 aliphatic carbocycles. The molecule has 0 saturated carbocycles. The lowest BCUT2D eigenvalue weighted by atomic mass is 10.0. The lowest BCUT2D eigenvalue weighted by Gasteiger charge is -2.21. The van der Waals surface area contributed by atoms with E-state index in [1.54, 1.807) is 17.1 Å². The van der Waals surface area contributed by atoms with Gasteiger partial charge in [0.05, 0.1) is 24.9 Å². The number of hydrogen-bond acceptors (Lipinski definition) is 5. The highest BCUT2D eigenvalue weighted by Gasteiger charge is 2.28. The van der Waals surface area contributed by atoms with Crippen LogP contribution < -0.4 is 10.1 Å². The second-order valence-electron chi connectivity index (χ2n) is 6.85. The first kappa shape index (κ1) is 17.5. The van der Waals surface area contributed by atoms with Gasteiger partial charge in [-0.25, -0.2) is 0 Å². The highest BCUT2D eigenvalue weighted by Crippen LogP contribution is 2.33. The highest BCUT2D eigenvalue weighted by molar-refractivity contribution is 5.90. The zero-order valence-corrected chi connectivity index (χ0v) is 15.1. The molecule has 7 nitrogen and oxygen atoms in total. The summed E-state index contributed by atoms with van der Waals surface area (Å²) in [6, 6.07) is 7.87. The molecule has 27 heavy (non-hydrogen) atoms. The minimum atomic E-state index is -0.0975. The third-order valence-corrected chi connectivity index (χ3v) is 4.96. The summed E-state index contributed by atoms with van der Waals surface area (Å²) in [6.45, 7) is 3.14. The first-order valence-corrected chi connectivity index (χ1v) is 9.10. The predicted molar refractivity (Wildman–Crippen MR) is 101 cm³/mol. The van der Waals surface area contributed by atoms with Crippen molar-refractivity contribution in [1.29, 1.82) is 0 Å². The molecule has 1 fully saturated rings. The predicted octanol–water partition coefficient (Wildman–Crippen LogP) is 1.99. The van der Waals surface area contributed by atoms with Crippen LogP contribution in [0.2, 0.25) is 0 Å². The van der Waals surface area contributed by atoms with Crippen molar-refractivity contribution >= 4 is 16.8 Å². The summed E-state index contributed by atoms with van der Waals surface area (Å²) in [6.07, 6.45) is 5.82. The van der Waals surface area contributed by atoms with E-state index in [2.05, 4.69) is 15.4 Å². The van der Waals surface area contributed by atoms with Gasteiger partial charge in [0.1, 0.15) is 11.9 Å². The van der Waals surface area contributed by atoms with Crippen molar-refractivity contribution in [2.24, 2.45) is 5.92 Å². The maximum absolute atomic E-state index is 11.5. The minimum absolute atomic E-state index is 0.0421. The molecule has 3 aromatic rings. The lowest BCUT2D eigenvalue weighted by molar-refractivity contribution is -0.119. The summed E-state index contributed by atoms with van der Waals surface area (Å²) in [7, 11) is 0. The van der Waals surface area contributed by atoms with Crippen LogP contribution in [0.3, 0.4) is 0 Å². The summed E-state index contributed by atoms with van der Waals surface area (Å²) in [5.74, 6) is 0.976. The van der Waals surface area contributed by atoms with E-state index in [1.165, 1.54) is 0 Å². The van der Waals surface area contributed by atoms with Crippen LogP contribution >= 0.6 is 0 Å². The number of nitrogens with zero attached hydrogens (tertiary/aromatic N) is 3. The van der Waals surface area contributed by atoms with Crippen LogP contribution in [0, 0.1) is 5.92 Å². The largest absolute Gasteiger partial charge is 0.490 e. The second-order valence-corrected chi connectivity index (χ2v) is 6.85. The van der Waals surface area contributed by atoms with Gasteiger partial charge in [-0.3, -0.25) is 14.5 Å². The van der Waals surface area contributed by atoms with Gasteiger partial charge in [0.25, 0.3) is 0 Å². The van der Waals surface area contributed by atoms with Crippen LogP contribution in [0.25, 0.3) is 22.0 Å². The maximum atomic E-state index is 11.5. The van der Waals surface area contributed by atoms with Crippen LogP contribution in [0.5, 0.6) is 5.75 Å². The molecule has 2 N–H and O–H groups in total. The van der Waals surface area contributed by atoms with Crippen molar-refractivity contribution in [2.45, 2.75) is 26.0 Å². The molecule has 0 radical (unpaired) electrons. The molecule has 1 aliphatic rings. The van der Waals surface area contributed by atoms with E-state index < -0.39 is 0 Å². The van der Waals surface area contributed by atoms with E-state index in [4.69, 9.17) is 9.84 Å². The number of carbonyl (C=O) groups is 1. The molecule has 3 heterocycles. The number of pyridine rings is 1. The maximum Gasteiger partial charge on any atom is 0.220 e. The Morgan fingerprint density at radius 2 is 2.30 bits per heavy atom. The molecule has 1 aliphatic heterocycles. The van der Waals surface area contributed by atoms with E-state index in [0.29, 0.717) is 19.5 Å². The van der Waals surface area contributed by atoms with E-state index >= 15 is 0 Å². The Morgan fingerprint density at radius 1 is 1.41 bits per heavy atom. The fourth-order valence-corrected chi connectivity index (χ4v) is 3.41. The summed E-state index contributed by atoms with van der Waals surface area (Å²) in [5.41, 5.74) is 2.73. The fourth-order valence-electron chi connectivity index (χ4n) is 3.41. The molecule has 140 valence electrons. The van der Waals surface area contributed by atoms with Crippen molar-refractivity contribution in [1.82, 2.24) is 20.1 Å². The lowest BCUT2D eigenvalue weighted by Crippen LogP contribution is -2.25. The number of fused-ring (bicyclic) bond motifs is 1. The van der Waals surface area contributed by atoms with E-state index in [0.717, 1.165) is 27.8 Å². The number of carbonyl (C=O) groups excluding carboxylic acids is 1. The molecule has 0 unspecified atom stereocenters. The van der Waals surface area contributed by atoms with E-state index in [1.807, 2.05) is 37.4 Å². The average molecular weight is 366 g/mol. The molecule has 0 spiro atoms. The Kier molecular flexibility index (Phi) is 4.77. The van der Waals surface area contributed by atoms with Gasteiger partial charge in [-0.2, -0.15) is 5.10 Å². The Labute approximate surface area is 157 Å². The molecule has 1 aromatic carbocycles. The summed E-state index contributed by atoms with van der Waals surface area (Å²) in [5, 5.41) is 17.2. The quantitative estimate of drug-likeness (QED) is 0.696. The van der Waals surface area contributed by atoms with Gasteiger partial charge >= 0.3 is 0 Å². The Hall–Kier alpha value is -2.93. The molecular formula is C20H22N4O3. The van der Waals surface area contributed by atoms with Crippen molar-refractivity contribution in [3.8, 4) is 16.9 Å². The number of hydrogen-bond donors (Lipinski definition) is 2. The van der Waals surface area contributed by atoms with Gasteiger partial charge in [-0.15, -0.1) is 0 Å². The molecule has 2 atom stereocenters. The molecule has 0 bridgehead atoms. The number of benzene rings is 1. The zero-order valence-electron chi connectivity index (χ0n) is 15.1. The SMILES string of the molecule is C[C@@H](Oc1cc(-c2cnn(CCO)c2)cc2ncccc12)[C@H]1CNC(=O)C1. The number of aliphatic hydroxyl groups is 1. The molecule has 7 heteroatoms. The van der Waals surface area contributed by atoms with Crippen molar-refractivity contribution in [2.75, 3.05) is 13.2 Å². The van der Waals surface area contributed by atoms with Crippen molar-refractivity contribution in [3.63, 3.8) is 0 Å². The van der Waals surface area contributed by atoms with Crippen LogP contribution in [-0.4, -0.2) is 45.0 Å². The minimum Gasteiger partial charge on any atom is -0.490 e. The standard InChI is InChI=1S/C20H22N4O3/c1-13(15-9-20(26)22-10-15)27-19-8-14(7-18-17(19)3-2-4-21-18)16-11-23-24(12-16)5-6-25/h2-4,7-8,11-13,15,25H,5-6,9-10H2,1H3,(H,22,26)/t13-,15-/m1/s1. The van der Waals surface area contributed by atoms with Crippen molar-refractivity contribution < 1.29 is 14.6 Å². The van der Waals surface area contributed by atoms with Crippen LogP contribution in [0.1, 0.15) is 13.3 Å². The van der Waals surface area contributed by atoms with Gasteiger partial charge in [0.2, 0.25) is 5.91 Å². The first-order chi connectivity index (χ1) is 13.1. The number of rotatable bonds is 6. The molecule has 1 amide bonds. The number of amides is 1. The highest BCUT2D eigenvalue weighted by atomic mass is 16.5. The molecule has 2 aromatic heterocycles. The van der Waals surface area contributed by atoms with Crippen molar-refractivity contribution in [3.05, 3.63) is 42.9 Å². The number of aliphatic hydroxyl groups excluding tert-OH is 1. The number of aromatic nitrogens is 3. The number of nitrogens with one attached hydrogen (secondary N) is 1. The first-order valence-electron chi connectivity index (χ1n) is 9.10. The third-order valence-electron chi connectivity index (χ3n) is 4.96. The summed E-state index contributed by atoms with van der Waals surface area (Å²) in [4.78, 5) is 16.0. The second kappa shape index (κ2) is 7.36. The fraction of sp³-hybridized carbons (Fsp3) is 0.350. The van der Waals surface area contributed by atoms with Crippen LogP contribution in [0.4, 0.5) is 0 Å². The molecule has 4 rings (SSSR count). The topological polar surface area (TPSA) is 89.3 Å². The number of ether oxygens (including phenoxy) is 1. The Morgan fingerprint density at radius 3 is 3.07 bits per heavy atom. The van der Waals surface area contributed by atoms with E-state index in [9.17, 15) is 4.79 Å². The van der Waals surface area contributed by atoms with Gasteiger partial charge in [0.15, 0.2) is 0 Å². The molecular weight excluding hydrogens is 344 g/mol. The summed E-state index contributed by atoms with van der Waals surface area (Å²) < 4.78 is 7.98. The Balaban J connectivity index is 1.68. The zero-order chi connectivity index (χ0) is 18.8. The smallest absolute Gasteiger partial charge is 0.220 e. The van der Waals surface area contributed by atoms with Gasteiger partial charge in [-0.05, 0) is 36.8 Å². The monoisotopic (exact) mass is 366 g/mol. The van der Waals surface area contributed by atoms with Crippen LogP contribution in [0.15, 0.2) is 42.9 Å². The molecule has 1 saturated heterocycles. The van der Waals surface area contributed by atoms with Gasteiger partial charge in [0, 0.05) is 42.2 Å². The Bertz CT molecular complexity index is 969. The van der Waals surface area contributed by atoms with Gasteiger partial charge < -0.3 is 15.2 Å². The summed E-state index contributed by atoms with van der Waals surface area (Å²) >= 11 is 0. The average Bonchev–Trinajstić information content (AvgIpc) is 3.31.